The summed E-state index contributed by atoms with van der Waals surface area (Å²) in [6.45, 7) is 5.96. The quantitative estimate of drug-likeness (QED) is 0.864. The van der Waals surface area contributed by atoms with Crippen LogP contribution in [0.2, 0.25) is 5.02 Å². The van der Waals surface area contributed by atoms with Crippen LogP contribution in [0.1, 0.15) is 31.4 Å². The Bertz CT molecular complexity index is 425. The third-order valence-electron chi connectivity index (χ3n) is 3.93. The number of nitrogens with zero attached hydrogens (tertiary/aromatic N) is 1. The molecule has 0 amide bonds. The van der Waals surface area contributed by atoms with Crippen molar-refractivity contribution in [1.29, 1.82) is 0 Å². The average Bonchev–Trinajstić information content (AvgIpc) is 2.78. The van der Waals surface area contributed by atoms with E-state index in [1.54, 1.807) is 0 Å². The molecular formula is C15H22BrClN2. The average molecular weight is 346 g/mol. The summed E-state index contributed by atoms with van der Waals surface area (Å²) >= 11 is 9.79. The predicted molar refractivity (Wildman–Crippen MR) is 85.8 cm³/mol. The van der Waals surface area contributed by atoms with E-state index in [2.05, 4.69) is 45.2 Å². The van der Waals surface area contributed by atoms with Gasteiger partial charge in [-0.2, -0.15) is 0 Å². The minimum Gasteiger partial charge on any atom is -0.313 e. The maximum atomic E-state index is 6.34. The SMILES string of the molecule is CNC(CCN1CCC(C)C1)c1ccc(Br)cc1Cl. The van der Waals surface area contributed by atoms with Crippen LogP contribution >= 0.6 is 27.5 Å². The summed E-state index contributed by atoms with van der Waals surface area (Å²) in [5.74, 6) is 0.851. The van der Waals surface area contributed by atoms with E-state index < -0.39 is 0 Å². The van der Waals surface area contributed by atoms with Gasteiger partial charge in [-0.05, 0) is 56.6 Å². The third-order valence-corrected chi connectivity index (χ3v) is 4.75. The molecule has 4 heteroatoms. The highest BCUT2D eigenvalue weighted by atomic mass is 79.9. The highest BCUT2D eigenvalue weighted by molar-refractivity contribution is 9.10. The van der Waals surface area contributed by atoms with Crippen molar-refractivity contribution in [3.63, 3.8) is 0 Å². The van der Waals surface area contributed by atoms with Gasteiger partial charge in [0.2, 0.25) is 0 Å². The first kappa shape index (κ1) is 15.3. The second kappa shape index (κ2) is 7.07. The molecule has 1 aromatic carbocycles. The smallest absolute Gasteiger partial charge is 0.0465 e. The van der Waals surface area contributed by atoms with E-state index >= 15 is 0 Å². The molecule has 0 saturated carbocycles. The summed E-state index contributed by atoms with van der Waals surface area (Å²) in [4.78, 5) is 2.56. The number of halogens is 2. The standard InChI is InChI=1S/C15H22BrClN2/c1-11-5-7-19(10-11)8-6-15(18-2)13-4-3-12(16)9-14(13)17/h3-4,9,11,15,18H,5-8,10H2,1-2H3. The number of likely N-dealkylation sites (tertiary alicyclic amines) is 1. The molecule has 2 unspecified atom stereocenters. The van der Waals surface area contributed by atoms with E-state index in [1.165, 1.54) is 25.1 Å². The van der Waals surface area contributed by atoms with Crippen LogP contribution in [0, 0.1) is 5.92 Å². The molecule has 1 aliphatic heterocycles. The van der Waals surface area contributed by atoms with Gasteiger partial charge in [-0.3, -0.25) is 0 Å². The van der Waals surface area contributed by atoms with Gasteiger partial charge in [0.25, 0.3) is 0 Å². The van der Waals surface area contributed by atoms with E-state index in [-0.39, 0.29) is 0 Å². The van der Waals surface area contributed by atoms with Gasteiger partial charge in [0.05, 0.1) is 0 Å². The van der Waals surface area contributed by atoms with Gasteiger partial charge >= 0.3 is 0 Å². The van der Waals surface area contributed by atoms with Gasteiger partial charge in [-0.25, -0.2) is 0 Å². The molecule has 106 valence electrons. The van der Waals surface area contributed by atoms with Crippen molar-refractivity contribution in [2.75, 3.05) is 26.7 Å². The summed E-state index contributed by atoms with van der Waals surface area (Å²) in [5.41, 5.74) is 1.19. The fourth-order valence-electron chi connectivity index (χ4n) is 2.78. The van der Waals surface area contributed by atoms with Crippen LogP contribution in [-0.2, 0) is 0 Å². The molecule has 1 aliphatic rings. The van der Waals surface area contributed by atoms with Crippen LogP contribution in [-0.4, -0.2) is 31.6 Å². The zero-order valence-electron chi connectivity index (χ0n) is 11.6. The van der Waals surface area contributed by atoms with Gasteiger partial charge in [0.15, 0.2) is 0 Å². The number of rotatable bonds is 5. The lowest BCUT2D eigenvalue weighted by molar-refractivity contribution is 0.305. The molecule has 1 N–H and O–H groups in total. The molecule has 2 rings (SSSR count). The molecule has 2 atom stereocenters. The Morgan fingerprint density at radius 1 is 1.53 bits per heavy atom. The predicted octanol–water partition coefficient (Wildman–Crippen LogP) is 4.09. The lowest BCUT2D eigenvalue weighted by Gasteiger charge is -2.22. The molecular weight excluding hydrogens is 324 g/mol. The van der Waals surface area contributed by atoms with Crippen molar-refractivity contribution >= 4 is 27.5 Å². The summed E-state index contributed by atoms with van der Waals surface area (Å²) in [7, 11) is 2.01. The summed E-state index contributed by atoms with van der Waals surface area (Å²) in [6.07, 6.45) is 2.44. The van der Waals surface area contributed by atoms with Crippen molar-refractivity contribution in [3.05, 3.63) is 33.3 Å². The van der Waals surface area contributed by atoms with Gasteiger partial charge in [0, 0.05) is 22.1 Å². The van der Waals surface area contributed by atoms with E-state index in [0.717, 1.165) is 28.4 Å². The van der Waals surface area contributed by atoms with Gasteiger partial charge in [0.1, 0.15) is 0 Å². The Labute approximate surface area is 129 Å². The van der Waals surface area contributed by atoms with Gasteiger partial charge in [-0.15, -0.1) is 0 Å². The van der Waals surface area contributed by atoms with Crippen LogP contribution in [0.3, 0.4) is 0 Å². The normalized spacial score (nSPS) is 21.8. The minimum atomic E-state index is 0.330. The zero-order valence-corrected chi connectivity index (χ0v) is 14.0. The third kappa shape index (κ3) is 4.19. The summed E-state index contributed by atoms with van der Waals surface area (Å²) in [5, 5.41) is 4.22. The molecule has 0 spiro atoms. The number of hydrogen-bond donors (Lipinski definition) is 1. The second-order valence-electron chi connectivity index (χ2n) is 5.49. The highest BCUT2D eigenvalue weighted by Gasteiger charge is 2.20. The van der Waals surface area contributed by atoms with Crippen molar-refractivity contribution < 1.29 is 0 Å². The molecule has 1 fully saturated rings. The molecule has 1 saturated heterocycles. The Kier molecular flexibility index (Phi) is 5.70. The Morgan fingerprint density at radius 2 is 2.32 bits per heavy atom. The molecule has 0 aliphatic carbocycles. The van der Waals surface area contributed by atoms with Crippen LogP contribution < -0.4 is 5.32 Å². The van der Waals surface area contributed by atoms with Crippen LogP contribution in [0.4, 0.5) is 0 Å². The van der Waals surface area contributed by atoms with Crippen molar-refractivity contribution in [1.82, 2.24) is 10.2 Å². The van der Waals surface area contributed by atoms with Crippen LogP contribution in [0.5, 0.6) is 0 Å². The van der Waals surface area contributed by atoms with Gasteiger partial charge < -0.3 is 10.2 Å². The van der Waals surface area contributed by atoms with Crippen LogP contribution in [0.25, 0.3) is 0 Å². The first-order chi connectivity index (χ1) is 9.10. The van der Waals surface area contributed by atoms with Gasteiger partial charge in [-0.1, -0.05) is 40.5 Å². The Balaban J connectivity index is 1.96. The molecule has 1 heterocycles. The number of hydrogen-bond acceptors (Lipinski definition) is 2. The van der Waals surface area contributed by atoms with Crippen molar-refractivity contribution in [2.24, 2.45) is 5.92 Å². The minimum absolute atomic E-state index is 0.330. The lowest BCUT2D eigenvalue weighted by atomic mass is 10.0. The fourth-order valence-corrected chi connectivity index (χ4v) is 3.59. The Morgan fingerprint density at radius 3 is 2.89 bits per heavy atom. The molecule has 0 bridgehead atoms. The van der Waals surface area contributed by atoms with E-state index in [0.29, 0.717) is 6.04 Å². The first-order valence-electron chi connectivity index (χ1n) is 6.94. The summed E-state index contributed by atoms with van der Waals surface area (Å²) in [6, 6.07) is 6.47. The summed E-state index contributed by atoms with van der Waals surface area (Å²) < 4.78 is 1.03. The molecule has 0 aromatic heterocycles. The molecule has 1 aromatic rings. The van der Waals surface area contributed by atoms with Crippen molar-refractivity contribution in [2.45, 2.75) is 25.8 Å². The zero-order chi connectivity index (χ0) is 13.8. The van der Waals surface area contributed by atoms with E-state index in [4.69, 9.17) is 11.6 Å². The lowest BCUT2D eigenvalue weighted by Crippen LogP contribution is -2.26. The van der Waals surface area contributed by atoms with E-state index in [9.17, 15) is 0 Å². The maximum absolute atomic E-state index is 6.34. The van der Waals surface area contributed by atoms with Crippen molar-refractivity contribution in [3.8, 4) is 0 Å². The Hall–Kier alpha value is -0.0900. The number of nitrogens with one attached hydrogen (secondary N) is 1. The molecule has 0 radical (unpaired) electrons. The highest BCUT2D eigenvalue weighted by Crippen LogP contribution is 2.28. The number of benzene rings is 1. The molecule has 2 nitrogen and oxygen atoms in total. The second-order valence-corrected chi connectivity index (χ2v) is 6.81. The largest absolute Gasteiger partial charge is 0.313 e. The topological polar surface area (TPSA) is 15.3 Å². The van der Waals surface area contributed by atoms with E-state index in [1.807, 2.05) is 13.1 Å². The molecule has 19 heavy (non-hydrogen) atoms. The monoisotopic (exact) mass is 344 g/mol. The van der Waals surface area contributed by atoms with Crippen LogP contribution in [0.15, 0.2) is 22.7 Å². The maximum Gasteiger partial charge on any atom is 0.0465 e. The fraction of sp³-hybridized carbons (Fsp3) is 0.600. The first-order valence-corrected chi connectivity index (χ1v) is 8.12.